The van der Waals surface area contributed by atoms with E-state index in [1.165, 1.54) is 0 Å². The summed E-state index contributed by atoms with van der Waals surface area (Å²) in [4.78, 5) is 0. The maximum Gasteiger partial charge on any atom is 0.130 e. The molecule has 1 aromatic heterocycles. The molecule has 0 bridgehead atoms. The number of halogens is 1. The zero-order valence-electron chi connectivity index (χ0n) is 11.7. The maximum atomic E-state index is 5.77. The van der Waals surface area contributed by atoms with Crippen LogP contribution in [0.3, 0.4) is 0 Å². The number of nitrogens with zero attached hydrogens (tertiary/aromatic N) is 2. The van der Waals surface area contributed by atoms with Crippen LogP contribution in [0.1, 0.15) is 23.9 Å². The molecule has 0 unspecified atom stereocenters. The van der Waals surface area contributed by atoms with E-state index in [-0.39, 0.29) is 0 Å². The molecule has 0 fully saturated rings. The molecule has 0 aliphatic heterocycles. The standard InChI is InChI=1S/C16H17ClN2O/c1-3-19-15(11-13(2)18-19)12-20-16-8-6-14(7-9-16)5-4-10-17/h6-9,11H,3,10,12H2,1-2H3. The summed E-state index contributed by atoms with van der Waals surface area (Å²) in [6.07, 6.45) is 0. The van der Waals surface area contributed by atoms with Gasteiger partial charge in [0.05, 0.1) is 17.3 Å². The molecule has 0 aliphatic carbocycles. The van der Waals surface area contributed by atoms with Crippen LogP contribution in [0.15, 0.2) is 30.3 Å². The minimum absolute atomic E-state index is 0.346. The molecule has 0 atom stereocenters. The zero-order valence-corrected chi connectivity index (χ0v) is 12.4. The fourth-order valence-electron chi connectivity index (χ4n) is 1.92. The second-order valence-electron chi connectivity index (χ2n) is 4.34. The molecule has 0 amide bonds. The van der Waals surface area contributed by atoms with E-state index in [1.54, 1.807) is 0 Å². The lowest BCUT2D eigenvalue weighted by molar-refractivity contribution is 0.292. The van der Waals surface area contributed by atoms with Crippen LogP contribution in [-0.2, 0) is 13.2 Å². The highest BCUT2D eigenvalue weighted by Crippen LogP contribution is 2.14. The first-order valence-electron chi connectivity index (χ1n) is 6.54. The summed E-state index contributed by atoms with van der Waals surface area (Å²) in [6, 6.07) is 9.73. The number of rotatable bonds is 4. The molecule has 4 heteroatoms. The molecule has 0 spiro atoms. The van der Waals surface area contributed by atoms with Gasteiger partial charge >= 0.3 is 0 Å². The molecule has 1 aromatic carbocycles. The third-order valence-corrected chi connectivity index (χ3v) is 2.96. The molecule has 20 heavy (non-hydrogen) atoms. The number of benzene rings is 1. The van der Waals surface area contributed by atoms with Crippen molar-refractivity contribution in [1.29, 1.82) is 0 Å². The Morgan fingerprint density at radius 2 is 2.05 bits per heavy atom. The van der Waals surface area contributed by atoms with Crippen molar-refractivity contribution in [3.8, 4) is 17.6 Å². The molecule has 3 nitrogen and oxygen atoms in total. The Bertz CT molecular complexity index is 620. The van der Waals surface area contributed by atoms with Gasteiger partial charge < -0.3 is 4.74 Å². The number of alkyl halides is 1. The van der Waals surface area contributed by atoms with Crippen molar-refractivity contribution in [2.75, 3.05) is 5.88 Å². The summed E-state index contributed by atoms with van der Waals surface area (Å²) >= 11 is 5.52. The Hall–Kier alpha value is -1.92. The van der Waals surface area contributed by atoms with Crippen molar-refractivity contribution >= 4 is 11.6 Å². The summed E-state index contributed by atoms with van der Waals surface area (Å²) in [7, 11) is 0. The van der Waals surface area contributed by atoms with E-state index in [0.29, 0.717) is 12.5 Å². The minimum atomic E-state index is 0.346. The SMILES string of the molecule is CCn1nc(C)cc1COc1ccc(C#CCCl)cc1. The van der Waals surface area contributed by atoms with Crippen molar-refractivity contribution in [3.05, 3.63) is 47.3 Å². The first-order chi connectivity index (χ1) is 9.72. The molecule has 0 saturated heterocycles. The van der Waals surface area contributed by atoms with E-state index in [2.05, 4.69) is 23.9 Å². The predicted molar refractivity (Wildman–Crippen MR) is 81.0 cm³/mol. The van der Waals surface area contributed by atoms with Crippen LogP contribution in [-0.4, -0.2) is 15.7 Å². The van der Waals surface area contributed by atoms with Crippen molar-refractivity contribution < 1.29 is 4.74 Å². The largest absolute Gasteiger partial charge is 0.487 e. The van der Waals surface area contributed by atoms with Crippen LogP contribution in [0.4, 0.5) is 0 Å². The number of aryl methyl sites for hydroxylation is 2. The predicted octanol–water partition coefficient (Wildman–Crippen LogP) is 3.38. The van der Waals surface area contributed by atoms with Crippen LogP contribution in [0.25, 0.3) is 0 Å². The molecule has 104 valence electrons. The fraction of sp³-hybridized carbons (Fsp3) is 0.312. The van der Waals surface area contributed by atoms with Gasteiger partial charge in [-0.05, 0) is 44.2 Å². The Morgan fingerprint density at radius 1 is 1.30 bits per heavy atom. The van der Waals surface area contributed by atoms with Gasteiger partial charge in [-0.1, -0.05) is 11.8 Å². The first kappa shape index (κ1) is 14.5. The number of hydrogen-bond donors (Lipinski definition) is 0. The van der Waals surface area contributed by atoms with E-state index in [9.17, 15) is 0 Å². The lowest BCUT2D eigenvalue weighted by atomic mass is 10.2. The van der Waals surface area contributed by atoms with Gasteiger partial charge in [0.25, 0.3) is 0 Å². The molecule has 0 aliphatic rings. The summed E-state index contributed by atoms with van der Waals surface area (Å²) in [6.45, 7) is 5.42. The highest BCUT2D eigenvalue weighted by atomic mass is 35.5. The van der Waals surface area contributed by atoms with Crippen LogP contribution < -0.4 is 4.74 Å². The van der Waals surface area contributed by atoms with E-state index < -0.39 is 0 Å². The molecule has 0 radical (unpaired) electrons. The topological polar surface area (TPSA) is 27.1 Å². The molecule has 1 heterocycles. The van der Waals surface area contributed by atoms with Crippen LogP contribution in [0.5, 0.6) is 5.75 Å². The average Bonchev–Trinajstić information content (AvgIpc) is 2.84. The smallest absolute Gasteiger partial charge is 0.130 e. The monoisotopic (exact) mass is 288 g/mol. The lowest BCUT2D eigenvalue weighted by Crippen LogP contribution is -2.06. The van der Waals surface area contributed by atoms with Crippen molar-refractivity contribution in [2.24, 2.45) is 0 Å². The molecule has 0 saturated carbocycles. The van der Waals surface area contributed by atoms with Gasteiger partial charge in [-0.3, -0.25) is 4.68 Å². The molecular formula is C16H17ClN2O. The van der Waals surface area contributed by atoms with Crippen molar-refractivity contribution in [1.82, 2.24) is 9.78 Å². The van der Waals surface area contributed by atoms with Crippen molar-refractivity contribution in [3.63, 3.8) is 0 Å². The Kier molecular flexibility index (Phi) is 5.09. The van der Waals surface area contributed by atoms with Crippen LogP contribution in [0.2, 0.25) is 0 Å². The van der Waals surface area contributed by atoms with Gasteiger partial charge in [0.2, 0.25) is 0 Å². The number of aromatic nitrogens is 2. The molecular weight excluding hydrogens is 272 g/mol. The highest BCUT2D eigenvalue weighted by molar-refractivity contribution is 6.19. The van der Waals surface area contributed by atoms with E-state index in [1.807, 2.05) is 41.9 Å². The summed E-state index contributed by atoms with van der Waals surface area (Å²) in [5.74, 6) is 6.96. The number of ether oxygens (including phenoxy) is 1. The summed E-state index contributed by atoms with van der Waals surface area (Å²) in [5.41, 5.74) is 3.03. The van der Waals surface area contributed by atoms with Gasteiger partial charge in [0.1, 0.15) is 12.4 Å². The lowest BCUT2D eigenvalue weighted by Gasteiger charge is -2.07. The van der Waals surface area contributed by atoms with E-state index in [4.69, 9.17) is 16.3 Å². The quantitative estimate of drug-likeness (QED) is 0.637. The minimum Gasteiger partial charge on any atom is -0.487 e. The molecule has 2 aromatic rings. The molecule has 0 N–H and O–H groups in total. The van der Waals surface area contributed by atoms with E-state index >= 15 is 0 Å². The van der Waals surface area contributed by atoms with Gasteiger partial charge in [-0.2, -0.15) is 5.10 Å². The van der Waals surface area contributed by atoms with Gasteiger partial charge in [-0.15, -0.1) is 11.6 Å². The van der Waals surface area contributed by atoms with Crippen LogP contribution >= 0.6 is 11.6 Å². The Labute approximate surface area is 124 Å². The second kappa shape index (κ2) is 7.02. The van der Waals surface area contributed by atoms with Gasteiger partial charge in [0, 0.05) is 12.1 Å². The van der Waals surface area contributed by atoms with Crippen molar-refractivity contribution in [2.45, 2.75) is 27.0 Å². The average molecular weight is 289 g/mol. The van der Waals surface area contributed by atoms with Crippen LogP contribution in [0, 0.1) is 18.8 Å². The molecule has 2 rings (SSSR count). The third-order valence-electron chi connectivity index (χ3n) is 2.83. The summed E-state index contributed by atoms with van der Waals surface area (Å²) < 4.78 is 7.73. The zero-order chi connectivity index (χ0) is 14.4. The third kappa shape index (κ3) is 3.79. The van der Waals surface area contributed by atoms with Gasteiger partial charge in [0.15, 0.2) is 0 Å². The fourth-order valence-corrected chi connectivity index (χ4v) is 1.98. The Balaban J connectivity index is 2.00. The normalized spacial score (nSPS) is 9.95. The highest BCUT2D eigenvalue weighted by Gasteiger charge is 2.04. The second-order valence-corrected chi connectivity index (χ2v) is 4.61. The number of hydrogen-bond acceptors (Lipinski definition) is 2. The Morgan fingerprint density at radius 3 is 2.70 bits per heavy atom. The summed E-state index contributed by atoms with van der Waals surface area (Å²) in [5, 5.41) is 4.40. The van der Waals surface area contributed by atoms with Gasteiger partial charge in [-0.25, -0.2) is 0 Å². The maximum absolute atomic E-state index is 5.77. The van der Waals surface area contributed by atoms with E-state index in [0.717, 1.165) is 29.2 Å². The first-order valence-corrected chi connectivity index (χ1v) is 7.07.